The average Bonchev–Trinajstić information content (AvgIpc) is 2.03. The summed E-state index contributed by atoms with van der Waals surface area (Å²) in [6.07, 6.45) is 2.33. The molecular weight excluding hydrogens is 164 g/mol. The second kappa shape index (κ2) is 7.34. The quantitative estimate of drug-likeness (QED) is 0.610. The first-order chi connectivity index (χ1) is 6.06. The van der Waals surface area contributed by atoms with Crippen molar-refractivity contribution in [3.63, 3.8) is 0 Å². The van der Waals surface area contributed by atoms with E-state index in [0.717, 1.165) is 19.1 Å². The zero-order valence-electron chi connectivity index (χ0n) is 9.59. The monoisotopic (exact) mass is 187 g/mol. The lowest BCUT2D eigenvalue weighted by Crippen LogP contribution is -2.16. The van der Waals surface area contributed by atoms with Gasteiger partial charge in [0.1, 0.15) is 6.10 Å². The Morgan fingerprint density at radius 3 is 2.31 bits per heavy atom. The van der Waals surface area contributed by atoms with Gasteiger partial charge in [-0.3, -0.25) is 0 Å². The molecule has 2 heteroatoms. The standard InChI is InChI=1S/C11H23O2/c1-6-10(4)13-11(5)8-12-7-9(2)3/h9-10H,6-8H2,1-5H3. The zero-order valence-corrected chi connectivity index (χ0v) is 9.59. The van der Waals surface area contributed by atoms with E-state index in [-0.39, 0.29) is 0 Å². The fourth-order valence-electron chi connectivity index (χ4n) is 0.899. The Morgan fingerprint density at radius 1 is 1.23 bits per heavy atom. The molecule has 0 saturated carbocycles. The van der Waals surface area contributed by atoms with Crippen LogP contribution in [0.4, 0.5) is 0 Å². The van der Waals surface area contributed by atoms with Gasteiger partial charge < -0.3 is 9.47 Å². The summed E-state index contributed by atoms with van der Waals surface area (Å²) in [6, 6.07) is 0. The summed E-state index contributed by atoms with van der Waals surface area (Å²) in [7, 11) is 0. The van der Waals surface area contributed by atoms with Crippen molar-refractivity contribution in [1.29, 1.82) is 0 Å². The van der Waals surface area contributed by atoms with Crippen LogP contribution in [0.15, 0.2) is 0 Å². The molecule has 0 rings (SSSR count). The summed E-state index contributed by atoms with van der Waals surface area (Å²) in [4.78, 5) is 0. The molecular formula is C11H23O2. The lowest BCUT2D eigenvalue weighted by atomic mass is 10.2. The first kappa shape index (κ1) is 12.9. The van der Waals surface area contributed by atoms with Gasteiger partial charge in [0.25, 0.3) is 0 Å². The first-order valence-corrected chi connectivity index (χ1v) is 5.13. The Hall–Kier alpha value is -0.0800. The highest BCUT2D eigenvalue weighted by Crippen LogP contribution is 2.08. The third kappa shape index (κ3) is 8.26. The van der Waals surface area contributed by atoms with Gasteiger partial charge in [0.2, 0.25) is 0 Å². The predicted octanol–water partition coefficient (Wildman–Crippen LogP) is 3.03. The Bertz CT molecular complexity index is 113. The SMILES string of the molecule is CCC(C)O[C](C)COCC(C)C. The van der Waals surface area contributed by atoms with Crippen LogP contribution >= 0.6 is 0 Å². The zero-order chi connectivity index (χ0) is 10.3. The van der Waals surface area contributed by atoms with E-state index < -0.39 is 0 Å². The van der Waals surface area contributed by atoms with E-state index in [1.165, 1.54) is 0 Å². The summed E-state index contributed by atoms with van der Waals surface area (Å²) >= 11 is 0. The lowest BCUT2D eigenvalue weighted by Gasteiger charge is -2.17. The largest absolute Gasteiger partial charge is 0.378 e. The minimum atomic E-state index is 0.308. The second-order valence-corrected chi connectivity index (χ2v) is 3.95. The van der Waals surface area contributed by atoms with Crippen LogP contribution in [0.25, 0.3) is 0 Å². The molecule has 0 aliphatic heterocycles. The molecule has 0 aromatic rings. The van der Waals surface area contributed by atoms with E-state index in [2.05, 4.69) is 27.7 Å². The number of hydrogen-bond donors (Lipinski definition) is 0. The van der Waals surface area contributed by atoms with Crippen LogP contribution in [0.1, 0.15) is 41.0 Å². The van der Waals surface area contributed by atoms with Gasteiger partial charge >= 0.3 is 0 Å². The van der Waals surface area contributed by atoms with Crippen LogP contribution < -0.4 is 0 Å². The molecule has 0 saturated heterocycles. The van der Waals surface area contributed by atoms with Crippen molar-refractivity contribution in [1.82, 2.24) is 0 Å². The molecule has 0 fully saturated rings. The summed E-state index contributed by atoms with van der Waals surface area (Å²) in [5.41, 5.74) is 0. The molecule has 0 spiro atoms. The van der Waals surface area contributed by atoms with Gasteiger partial charge in [-0.1, -0.05) is 20.8 Å². The molecule has 0 aromatic carbocycles. The third-order valence-electron chi connectivity index (χ3n) is 1.73. The molecule has 1 unspecified atom stereocenters. The molecule has 0 aromatic heterocycles. The van der Waals surface area contributed by atoms with Crippen molar-refractivity contribution in [2.75, 3.05) is 13.2 Å². The molecule has 0 bridgehead atoms. The normalized spacial score (nSPS) is 14.1. The summed E-state index contributed by atoms with van der Waals surface area (Å²) in [5.74, 6) is 0.594. The maximum atomic E-state index is 5.57. The van der Waals surface area contributed by atoms with E-state index in [4.69, 9.17) is 9.47 Å². The van der Waals surface area contributed by atoms with Crippen LogP contribution in [-0.4, -0.2) is 19.3 Å². The fraction of sp³-hybridized carbons (Fsp3) is 0.909. The fourth-order valence-corrected chi connectivity index (χ4v) is 0.899. The maximum absolute atomic E-state index is 5.57. The molecule has 79 valence electrons. The first-order valence-electron chi connectivity index (χ1n) is 5.13. The number of ether oxygens (including phenoxy) is 2. The minimum Gasteiger partial charge on any atom is -0.378 e. The van der Waals surface area contributed by atoms with E-state index in [1.807, 2.05) is 6.92 Å². The van der Waals surface area contributed by atoms with Gasteiger partial charge in [-0.25, -0.2) is 0 Å². The lowest BCUT2D eigenvalue weighted by molar-refractivity contribution is 0.0142. The number of hydrogen-bond acceptors (Lipinski definition) is 2. The van der Waals surface area contributed by atoms with Gasteiger partial charge in [0.05, 0.1) is 12.7 Å². The molecule has 0 aliphatic rings. The van der Waals surface area contributed by atoms with Crippen LogP contribution in [-0.2, 0) is 9.47 Å². The topological polar surface area (TPSA) is 18.5 Å². The smallest absolute Gasteiger partial charge is 0.120 e. The van der Waals surface area contributed by atoms with Crippen LogP contribution in [0, 0.1) is 12.0 Å². The van der Waals surface area contributed by atoms with E-state index in [0.29, 0.717) is 18.6 Å². The summed E-state index contributed by atoms with van der Waals surface area (Å²) in [5, 5.41) is 0. The van der Waals surface area contributed by atoms with Crippen LogP contribution in [0.2, 0.25) is 0 Å². The summed E-state index contributed by atoms with van der Waals surface area (Å²) in [6.45, 7) is 11.9. The maximum Gasteiger partial charge on any atom is 0.120 e. The molecule has 13 heavy (non-hydrogen) atoms. The molecule has 0 N–H and O–H groups in total. The van der Waals surface area contributed by atoms with Crippen molar-refractivity contribution in [2.45, 2.75) is 47.1 Å². The highest BCUT2D eigenvalue weighted by molar-refractivity contribution is 4.71. The Balaban J connectivity index is 3.34. The molecule has 2 nitrogen and oxygen atoms in total. The van der Waals surface area contributed by atoms with Gasteiger partial charge in [-0.15, -0.1) is 0 Å². The van der Waals surface area contributed by atoms with Gasteiger partial charge in [0.15, 0.2) is 0 Å². The van der Waals surface area contributed by atoms with E-state index in [9.17, 15) is 0 Å². The Labute approximate surface area is 82.6 Å². The molecule has 0 heterocycles. The van der Waals surface area contributed by atoms with Crippen molar-refractivity contribution in [2.24, 2.45) is 5.92 Å². The van der Waals surface area contributed by atoms with Crippen molar-refractivity contribution in [3.05, 3.63) is 6.10 Å². The molecule has 0 amide bonds. The van der Waals surface area contributed by atoms with Crippen LogP contribution in [0.3, 0.4) is 0 Å². The van der Waals surface area contributed by atoms with E-state index in [1.54, 1.807) is 0 Å². The second-order valence-electron chi connectivity index (χ2n) is 3.95. The highest BCUT2D eigenvalue weighted by atomic mass is 16.5. The van der Waals surface area contributed by atoms with Gasteiger partial charge in [0, 0.05) is 6.61 Å². The minimum absolute atomic E-state index is 0.308. The van der Waals surface area contributed by atoms with Crippen molar-refractivity contribution in [3.8, 4) is 0 Å². The Morgan fingerprint density at radius 2 is 1.85 bits per heavy atom. The van der Waals surface area contributed by atoms with Crippen LogP contribution in [0.5, 0.6) is 0 Å². The van der Waals surface area contributed by atoms with Crippen molar-refractivity contribution < 1.29 is 9.47 Å². The van der Waals surface area contributed by atoms with Gasteiger partial charge in [-0.05, 0) is 26.2 Å². The highest BCUT2D eigenvalue weighted by Gasteiger charge is 2.08. The molecule has 0 aliphatic carbocycles. The summed E-state index contributed by atoms with van der Waals surface area (Å²) < 4.78 is 11.0. The van der Waals surface area contributed by atoms with Crippen molar-refractivity contribution >= 4 is 0 Å². The average molecular weight is 187 g/mol. The third-order valence-corrected chi connectivity index (χ3v) is 1.73. The Kier molecular flexibility index (Phi) is 7.29. The molecule has 1 atom stereocenters. The molecule has 1 radical (unpaired) electrons. The van der Waals surface area contributed by atoms with E-state index >= 15 is 0 Å². The number of rotatable bonds is 7. The van der Waals surface area contributed by atoms with Gasteiger partial charge in [-0.2, -0.15) is 0 Å². The predicted molar refractivity (Wildman–Crippen MR) is 55.4 cm³/mol.